The van der Waals surface area contributed by atoms with Gasteiger partial charge in [0.25, 0.3) is 0 Å². The Labute approximate surface area is 154 Å². The first-order valence-corrected chi connectivity index (χ1v) is 9.52. The molecule has 1 heteroatoms. The van der Waals surface area contributed by atoms with Crippen LogP contribution in [0.15, 0.2) is 30.3 Å². The van der Waals surface area contributed by atoms with Crippen molar-refractivity contribution in [3.63, 3.8) is 0 Å². The monoisotopic (exact) mass is 344 g/mol. The van der Waals surface area contributed by atoms with E-state index in [1.807, 2.05) is 19.9 Å². The van der Waals surface area contributed by atoms with Crippen LogP contribution in [0.25, 0.3) is 11.1 Å². The molecule has 132 valence electrons. The smallest absolute Gasteiger partial charge is 0.0484 e. The Morgan fingerprint density at radius 3 is 2.04 bits per heavy atom. The lowest BCUT2D eigenvalue weighted by atomic mass is 9.84. The molecule has 0 amide bonds. The quantitative estimate of drug-likeness (QED) is 0.530. The zero-order valence-electron chi connectivity index (χ0n) is 16.7. The first kappa shape index (κ1) is 20.8. The van der Waals surface area contributed by atoms with Crippen LogP contribution in [0.2, 0.25) is 5.02 Å². The van der Waals surface area contributed by atoms with Crippen LogP contribution in [-0.4, -0.2) is 0 Å². The van der Waals surface area contributed by atoms with Crippen molar-refractivity contribution in [3.05, 3.63) is 57.6 Å². The number of hydrogen-bond donors (Lipinski definition) is 0. The molecule has 0 fully saturated rings. The molecule has 0 spiro atoms. The molecular formula is C23H33Cl. The first-order valence-electron chi connectivity index (χ1n) is 9.14. The number of aryl methyl sites for hydroxylation is 3. The van der Waals surface area contributed by atoms with Crippen molar-refractivity contribution < 1.29 is 0 Å². The Kier molecular flexibility index (Phi) is 7.55. The van der Waals surface area contributed by atoms with E-state index < -0.39 is 0 Å². The van der Waals surface area contributed by atoms with Gasteiger partial charge in [0, 0.05) is 10.6 Å². The van der Waals surface area contributed by atoms with Crippen molar-refractivity contribution in [1.82, 2.24) is 0 Å². The summed E-state index contributed by atoms with van der Waals surface area (Å²) >= 11 is 6.51. The van der Waals surface area contributed by atoms with Gasteiger partial charge in [-0.3, -0.25) is 0 Å². The van der Waals surface area contributed by atoms with Gasteiger partial charge in [-0.2, -0.15) is 0 Å². The zero-order valence-corrected chi connectivity index (χ0v) is 17.4. The highest BCUT2D eigenvalue weighted by Crippen LogP contribution is 2.35. The van der Waals surface area contributed by atoms with Gasteiger partial charge < -0.3 is 0 Å². The molecule has 0 nitrogen and oxygen atoms in total. The van der Waals surface area contributed by atoms with Crippen LogP contribution in [0.1, 0.15) is 70.2 Å². The Hall–Kier alpha value is -1.27. The van der Waals surface area contributed by atoms with Crippen molar-refractivity contribution in [2.24, 2.45) is 0 Å². The van der Waals surface area contributed by atoms with E-state index in [0.29, 0.717) is 0 Å². The molecule has 2 rings (SSSR count). The molecule has 2 aromatic rings. The Bertz CT molecular complexity index is 675. The zero-order chi connectivity index (χ0) is 18.5. The van der Waals surface area contributed by atoms with Crippen LogP contribution in [0.3, 0.4) is 0 Å². The maximum atomic E-state index is 6.51. The van der Waals surface area contributed by atoms with E-state index in [9.17, 15) is 0 Å². The summed E-state index contributed by atoms with van der Waals surface area (Å²) in [4.78, 5) is 0. The molecule has 0 bridgehead atoms. The van der Waals surface area contributed by atoms with Crippen molar-refractivity contribution >= 4 is 11.6 Å². The van der Waals surface area contributed by atoms with E-state index in [0.717, 1.165) is 17.0 Å². The average Bonchev–Trinajstić information content (AvgIpc) is 2.52. The molecule has 0 aliphatic carbocycles. The highest BCUT2D eigenvalue weighted by atomic mass is 35.5. The van der Waals surface area contributed by atoms with Crippen LogP contribution < -0.4 is 0 Å². The second-order valence-electron chi connectivity index (χ2n) is 7.29. The fraction of sp³-hybridized carbons (Fsp3) is 0.478. The van der Waals surface area contributed by atoms with E-state index in [-0.39, 0.29) is 5.41 Å². The first-order chi connectivity index (χ1) is 11.2. The summed E-state index contributed by atoms with van der Waals surface area (Å²) in [6, 6.07) is 11.1. The molecule has 0 aliphatic rings. The molecule has 0 aliphatic heterocycles. The van der Waals surface area contributed by atoms with Crippen molar-refractivity contribution in [3.8, 4) is 11.1 Å². The lowest BCUT2D eigenvalue weighted by molar-refractivity contribution is 0.590. The molecule has 0 aromatic heterocycles. The maximum absolute atomic E-state index is 6.51. The van der Waals surface area contributed by atoms with Crippen molar-refractivity contribution in [2.75, 3.05) is 0 Å². The molecule has 0 N–H and O–H groups in total. The molecule has 0 saturated carbocycles. The second kappa shape index (κ2) is 8.72. The average molecular weight is 345 g/mol. The molecular weight excluding hydrogens is 312 g/mol. The third-order valence-corrected chi connectivity index (χ3v) is 4.65. The third-order valence-electron chi connectivity index (χ3n) is 4.32. The van der Waals surface area contributed by atoms with Crippen molar-refractivity contribution in [2.45, 2.75) is 73.6 Å². The minimum absolute atomic E-state index is 0.129. The number of halogens is 1. The van der Waals surface area contributed by atoms with Gasteiger partial charge in [-0.05, 0) is 65.6 Å². The molecule has 0 radical (unpaired) electrons. The minimum Gasteiger partial charge on any atom is -0.0837 e. The minimum atomic E-state index is 0.129. The predicted molar refractivity (Wildman–Crippen MR) is 110 cm³/mol. The maximum Gasteiger partial charge on any atom is 0.0484 e. The van der Waals surface area contributed by atoms with Gasteiger partial charge in [0.1, 0.15) is 0 Å². The Morgan fingerprint density at radius 1 is 0.875 bits per heavy atom. The molecule has 0 heterocycles. The molecule has 0 saturated heterocycles. The standard InChI is InChI=1S/C21H27Cl.C2H6/c1-7-8-16-11-15(3)18(12-14(16)2)19-13-17(21(4,5)6)9-10-20(19)22;1-2/h9-13H,7-8H2,1-6H3;1-2H3. The third kappa shape index (κ3) is 4.86. The van der Waals surface area contributed by atoms with Gasteiger partial charge in [0.2, 0.25) is 0 Å². The Balaban J connectivity index is 0.00000139. The van der Waals surface area contributed by atoms with E-state index in [2.05, 4.69) is 65.8 Å². The van der Waals surface area contributed by atoms with E-state index >= 15 is 0 Å². The summed E-state index contributed by atoms with van der Waals surface area (Å²) in [5.74, 6) is 0. The van der Waals surface area contributed by atoms with Gasteiger partial charge in [-0.25, -0.2) is 0 Å². The van der Waals surface area contributed by atoms with E-state index in [4.69, 9.17) is 11.6 Å². The van der Waals surface area contributed by atoms with Gasteiger partial charge >= 0.3 is 0 Å². The van der Waals surface area contributed by atoms with Gasteiger partial charge in [-0.15, -0.1) is 0 Å². The molecule has 24 heavy (non-hydrogen) atoms. The van der Waals surface area contributed by atoms with Crippen LogP contribution in [0.5, 0.6) is 0 Å². The second-order valence-corrected chi connectivity index (χ2v) is 7.70. The molecule has 0 unspecified atom stereocenters. The summed E-state index contributed by atoms with van der Waals surface area (Å²) in [5, 5.41) is 0.832. The predicted octanol–water partition coefficient (Wildman–Crippen LogP) is 7.90. The topological polar surface area (TPSA) is 0 Å². The van der Waals surface area contributed by atoms with Gasteiger partial charge in [0.15, 0.2) is 0 Å². The lowest BCUT2D eigenvalue weighted by Crippen LogP contribution is -2.11. The van der Waals surface area contributed by atoms with Crippen LogP contribution in [0.4, 0.5) is 0 Å². The Morgan fingerprint density at radius 2 is 1.50 bits per heavy atom. The normalized spacial score (nSPS) is 11.0. The molecule has 0 atom stereocenters. The number of rotatable bonds is 3. The van der Waals surface area contributed by atoms with Crippen LogP contribution in [0, 0.1) is 13.8 Å². The van der Waals surface area contributed by atoms with Gasteiger partial charge in [-0.1, -0.05) is 77.8 Å². The number of hydrogen-bond acceptors (Lipinski definition) is 0. The summed E-state index contributed by atoms with van der Waals surface area (Å²) in [6.07, 6.45) is 2.32. The summed E-state index contributed by atoms with van der Waals surface area (Å²) in [5.41, 5.74) is 7.98. The highest BCUT2D eigenvalue weighted by molar-refractivity contribution is 6.33. The summed E-state index contributed by atoms with van der Waals surface area (Å²) in [6.45, 7) is 17.3. The highest BCUT2D eigenvalue weighted by Gasteiger charge is 2.17. The summed E-state index contributed by atoms with van der Waals surface area (Å²) in [7, 11) is 0. The largest absolute Gasteiger partial charge is 0.0837 e. The van der Waals surface area contributed by atoms with Gasteiger partial charge in [0.05, 0.1) is 0 Å². The lowest BCUT2D eigenvalue weighted by Gasteiger charge is -2.21. The van der Waals surface area contributed by atoms with Crippen LogP contribution >= 0.6 is 11.6 Å². The fourth-order valence-electron chi connectivity index (χ4n) is 2.90. The fourth-order valence-corrected chi connectivity index (χ4v) is 3.12. The van der Waals surface area contributed by atoms with E-state index in [1.54, 1.807) is 0 Å². The van der Waals surface area contributed by atoms with E-state index in [1.165, 1.54) is 34.2 Å². The van der Waals surface area contributed by atoms with Crippen molar-refractivity contribution in [1.29, 1.82) is 0 Å². The molecule has 2 aromatic carbocycles. The SMILES string of the molecule is CC.CCCc1cc(C)c(-c2cc(C(C)(C)C)ccc2Cl)cc1C. The summed E-state index contributed by atoms with van der Waals surface area (Å²) < 4.78 is 0. The number of benzene rings is 2. The van der Waals surface area contributed by atoms with Crippen LogP contribution in [-0.2, 0) is 11.8 Å².